The molecular formula is C28H33N9O2S. The van der Waals surface area contributed by atoms with Gasteiger partial charge in [0.05, 0.1) is 12.5 Å². The number of H-pyrrole nitrogens is 1. The van der Waals surface area contributed by atoms with Gasteiger partial charge in [-0.1, -0.05) is 12.8 Å². The molecule has 4 heterocycles. The molecule has 4 N–H and O–H groups in total. The highest BCUT2D eigenvalue weighted by Crippen LogP contribution is 2.29. The first-order valence-corrected chi connectivity index (χ1v) is 14.5. The van der Waals surface area contributed by atoms with Crippen LogP contribution in [0.15, 0.2) is 58.7 Å². The van der Waals surface area contributed by atoms with Gasteiger partial charge in [0.1, 0.15) is 5.52 Å². The van der Waals surface area contributed by atoms with E-state index in [4.69, 9.17) is 4.98 Å². The Hall–Kier alpha value is -3.90. The number of fused-ring (bicyclic) bond motifs is 1. The first kappa shape index (κ1) is 26.3. The summed E-state index contributed by atoms with van der Waals surface area (Å²) in [6.07, 6.45) is 7.24. The minimum absolute atomic E-state index is 0.0307. The molecule has 2 fully saturated rings. The molecule has 12 heteroatoms. The molecule has 1 atom stereocenters. The molecule has 6 rings (SSSR count). The van der Waals surface area contributed by atoms with Crippen LogP contribution in [-0.4, -0.2) is 67.2 Å². The quantitative estimate of drug-likeness (QED) is 0.242. The third kappa shape index (κ3) is 6.28. The Bertz CT molecular complexity index is 1490. The van der Waals surface area contributed by atoms with E-state index < -0.39 is 0 Å². The Kier molecular flexibility index (Phi) is 7.69. The van der Waals surface area contributed by atoms with E-state index in [1.807, 2.05) is 55.6 Å². The van der Waals surface area contributed by atoms with Gasteiger partial charge in [-0.25, -0.2) is 9.50 Å². The van der Waals surface area contributed by atoms with Crippen molar-refractivity contribution in [2.75, 3.05) is 30.3 Å². The van der Waals surface area contributed by atoms with Gasteiger partial charge in [0.25, 0.3) is 0 Å². The minimum atomic E-state index is -0.0806. The van der Waals surface area contributed by atoms with Crippen molar-refractivity contribution < 1.29 is 9.59 Å². The van der Waals surface area contributed by atoms with Crippen LogP contribution in [0.3, 0.4) is 0 Å². The summed E-state index contributed by atoms with van der Waals surface area (Å²) in [4.78, 5) is 33.0. The average molecular weight is 560 g/mol. The highest BCUT2D eigenvalue weighted by atomic mass is 32.2. The average Bonchev–Trinajstić information content (AvgIpc) is 3.74. The number of amides is 2. The second-order valence-electron chi connectivity index (χ2n) is 10.5. The number of benzene rings is 1. The van der Waals surface area contributed by atoms with E-state index in [-0.39, 0.29) is 24.3 Å². The van der Waals surface area contributed by atoms with Gasteiger partial charge >= 0.3 is 0 Å². The number of hydrogen-bond donors (Lipinski definition) is 4. The molecule has 0 radical (unpaired) electrons. The van der Waals surface area contributed by atoms with Crippen LogP contribution in [0.1, 0.15) is 37.8 Å². The van der Waals surface area contributed by atoms with Crippen LogP contribution in [0.5, 0.6) is 0 Å². The zero-order chi connectivity index (χ0) is 27.5. The summed E-state index contributed by atoms with van der Waals surface area (Å²) in [5, 5.41) is 21.8. The molecule has 40 heavy (non-hydrogen) atoms. The molecule has 3 aromatic heterocycles. The smallest absolute Gasteiger partial charge is 0.238 e. The Morgan fingerprint density at radius 3 is 2.73 bits per heavy atom. The summed E-state index contributed by atoms with van der Waals surface area (Å²) >= 11 is 1.43. The van der Waals surface area contributed by atoms with E-state index >= 15 is 0 Å². The second kappa shape index (κ2) is 11.7. The van der Waals surface area contributed by atoms with Crippen molar-refractivity contribution in [3.8, 4) is 0 Å². The third-order valence-electron chi connectivity index (χ3n) is 7.38. The summed E-state index contributed by atoms with van der Waals surface area (Å²) in [7, 11) is 0. The Morgan fingerprint density at radius 1 is 1.12 bits per heavy atom. The van der Waals surface area contributed by atoms with E-state index in [0.717, 1.165) is 47.6 Å². The van der Waals surface area contributed by atoms with Crippen LogP contribution < -0.4 is 16.0 Å². The first-order chi connectivity index (χ1) is 19.5. The van der Waals surface area contributed by atoms with Gasteiger partial charge in [-0.05, 0) is 80.9 Å². The normalized spacial score (nSPS) is 17.9. The van der Waals surface area contributed by atoms with Crippen molar-refractivity contribution in [3.05, 3.63) is 54.4 Å². The molecular weight excluding hydrogens is 526 g/mol. The van der Waals surface area contributed by atoms with Crippen LogP contribution in [0, 0.1) is 12.8 Å². The fourth-order valence-corrected chi connectivity index (χ4v) is 6.10. The molecule has 0 bridgehead atoms. The number of aromatic amines is 1. The van der Waals surface area contributed by atoms with E-state index in [1.54, 1.807) is 4.52 Å². The van der Waals surface area contributed by atoms with Crippen molar-refractivity contribution in [1.29, 1.82) is 0 Å². The largest absolute Gasteiger partial charge is 0.353 e. The van der Waals surface area contributed by atoms with Crippen molar-refractivity contribution in [1.82, 2.24) is 35.0 Å². The molecule has 0 unspecified atom stereocenters. The zero-order valence-electron chi connectivity index (χ0n) is 22.4. The Balaban J connectivity index is 1.02. The fourth-order valence-electron chi connectivity index (χ4n) is 5.35. The lowest BCUT2D eigenvalue weighted by molar-refractivity contribution is -0.125. The summed E-state index contributed by atoms with van der Waals surface area (Å²) in [5.41, 5.74) is 2.53. The second-order valence-corrected chi connectivity index (χ2v) is 11.6. The van der Waals surface area contributed by atoms with Gasteiger partial charge in [-0.3, -0.25) is 19.6 Å². The predicted octanol–water partition coefficient (Wildman–Crippen LogP) is 3.97. The van der Waals surface area contributed by atoms with Crippen molar-refractivity contribution in [2.24, 2.45) is 5.92 Å². The maximum absolute atomic E-state index is 12.7. The molecule has 1 aliphatic carbocycles. The SMILES string of the molecule is Cc1cc(Nc2nc(Sc3ccc(NC(=O)CN4CC[C@@H](C(=O)NC5CCCC5)C4)cc3)nn3cccc23)n[nH]1. The van der Waals surface area contributed by atoms with Crippen molar-refractivity contribution in [3.63, 3.8) is 0 Å². The number of hydrogen-bond acceptors (Lipinski definition) is 8. The maximum atomic E-state index is 12.7. The predicted molar refractivity (Wildman–Crippen MR) is 154 cm³/mol. The van der Waals surface area contributed by atoms with Crippen LogP contribution >= 0.6 is 11.8 Å². The lowest BCUT2D eigenvalue weighted by Gasteiger charge is -2.17. The minimum Gasteiger partial charge on any atom is -0.353 e. The van der Waals surface area contributed by atoms with Gasteiger partial charge in [0.2, 0.25) is 17.0 Å². The summed E-state index contributed by atoms with van der Waals surface area (Å²) < 4.78 is 1.78. The van der Waals surface area contributed by atoms with E-state index in [2.05, 4.69) is 36.1 Å². The summed E-state index contributed by atoms with van der Waals surface area (Å²) in [6.45, 7) is 3.61. The topological polar surface area (TPSA) is 132 Å². The number of nitrogens with zero attached hydrogens (tertiary/aromatic N) is 5. The highest BCUT2D eigenvalue weighted by Gasteiger charge is 2.30. The zero-order valence-corrected chi connectivity index (χ0v) is 23.2. The molecule has 0 spiro atoms. The van der Waals surface area contributed by atoms with Gasteiger partial charge in [-0.2, -0.15) is 5.10 Å². The van der Waals surface area contributed by atoms with Crippen LogP contribution in [0.4, 0.5) is 17.3 Å². The number of rotatable bonds is 9. The number of nitrogens with one attached hydrogen (secondary N) is 4. The monoisotopic (exact) mass is 559 g/mol. The number of carbonyl (C=O) groups excluding carboxylic acids is 2. The molecule has 2 amide bonds. The van der Waals surface area contributed by atoms with Crippen molar-refractivity contribution >= 4 is 46.4 Å². The molecule has 1 aromatic carbocycles. The number of carbonyl (C=O) groups is 2. The highest BCUT2D eigenvalue weighted by molar-refractivity contribution is 7.99. The lowest BCUT2D eigenvalue weighted by atomic mass is 10.1. The molecule has 1 aliphatic heterocycles. The summed E-state index contributed by atoms with van der Waals surface area (Å²) in [6, 6.07) is 13.7. The van der Waals surface area contributed by atoms with Gasteiger partial charge in [0.15, 0.2) is 11.6 Å². The van der Waals surface area contributed by atoms with Gasteiger partial charge in [0, 0.05) is 41.1 Å². The molecule has 4 aromatic rings. The molecule has 11 nitrogen and oxygen atoms in total. The standard InChI is InChI=1S/C28H33N9O2S/c1-18-15-24(34-33-18)31-26-23-7-4-13-37(23)35-28(32-26)40-22-10-8-21(9-11-22)29-25(38)17-36-14-12-19(16-36)27(39)30-20-5-2-3-6-20/h4,7-11,13,15,19-20H,2-3,5-6,12,14,16-17H2,1H3,(H,29,38)(H,30,39)(H2,31,32,33,34,35)/t19-/m1/s1. The Morgan fingerprint density at radius 2 is 1.95 bits per heavy atom. The number of aromatic nitrogens is 5. The van der Waals surface area contributed by atoms with Crippen LogP contribution in [-0.2, 0) is 9.59 Å². The van der Waals surface area contributed by atoms with Crippen LogP contribution in [0.2, 0.25) is 0 Å². The van der Waals surface area contributed by atoms with E-state index in [9.17, 15) is 9.59 Å². The van der Waals surface area contributed by atoms with E-state index in [0.29, 0.717) is 29.4 Å². The van der Waals surface area contributed by atoms with Gasteiger partial charge < -0.3 is 16.0 Å². The van der Waals surface area contributed by atoms with Crippen LogP contribution in [0.25, 0.3) is 5.52 Å². The fraction of sp³-hybridized carbons (Fsp3) is 0.393. The molecule has 208 valence electrons. The first-order valence-electron chi connectivity index (χ1n) is 13.7. The Labute approximate surface area is 236 Å². The van der Waals surface area contributed by atoms with Crippen molar-refractivity contribution in [2.45, 2.75) is 55.1 Å². The third-order valence-corrected chi connectivity index (χ3v) is 8.25. The number of aryl methyl sites for hydroxylation is 1. The molecule has 1 saturated carbocycles. The van der Waals surface area contributed by atoms with E-state index in [1.165, 1.54) is 24.6 Å². The maximum Gasteiger partial charge on any atom is 0.238 e. The molecule has 2 aliphatic rings. The number of anilines is 3. The summed E-state index contributed by atoms with van der Waals surface area (Å²) in [5.74, 6) is 1.38. The molecule has 1 saturated heterocycles. The lowest BCUT2D eigenvalue weighted by Crippen LogP contribution is -2.39. The number of likely N-dealkylation sites (tertiary alicyclic amines) is 1. The van der Waals surface area contributed by atoms with Gasteiger partial charge in [-0.15, -0.1) is 5.10 Å².